The molecule has 0 aliphatic rings. The topological polar surface area (TPSA) is 269 Å². The Bertz CT molecular complexity index is 2610. The van der Waals surface area contributed by atoms with Gasteiger partial charge in [0.05, 0.1) is 41.8 Å². The van der Waals surface area contributed by atoms with Crippen molar-refractivity contribution < 1.29 is 33.4 Å². The Hall–Kier alpha value is -7.22. The van der Waals surface area contributed by atoms with Crippen LogP contribution in [0.1, 0.15) is 73.3 Å². The van der Waals surface area contributed by atoms with Gasteiger partial charge in [-0.25, -0.2) is 9.97 Å². The number of hydrogen-bond acceptors (Lipinski definition) is 12. The van der Waals surface area contributed by atoms with Crippen LogP contribution in [0.15, 0.2) is 42.5 Å². The van der Waals surface area contributed by atoms with Crippen LogP contribution < -0.4 is 37.3 Å². The minimum absolute atomic E-state index is 0.130. The number of aryl methyl sites for hydroxylation is 4. The van der Waals surface area contributed by atoms with E-state index in [0.717, 1.165) is 0 Å². The van der Waals surface area contributed by atoms with Crippen molar-refractivity contribution in [1.29, 1.82) is 0 Å². The zero-order valence-corrected chi connectivity index (χ0v) is 33.7. The van der Waals surface area contributed by atoms with Gasteiger partial charge in [-0.05, 0) is 58.0 Å². The molecule has 20 heteroatoms. The van der Waals surface area contributed by atoms with Crippen LogP contribution >= 0.6 is 0 Å². The molecule has 0 saturated carbocycles. The van der Waals surface area contributed by atoms with E-state index in [0.29, 0.717) is 76.8 Å². The first-order chi connectivity index (χ1) is 28.3. The third kappa shape index (κ3) is 8.42. The highest BCUT2D eigenvalue weighted by Crippen LogP contribution is 2.33. The molecule has 4 heterocycles. The highest BCUT2D eigenvalue weighted by molar-refractivity contribution is 6.07. The van der Waals surface area contributed by atoms with Crippen LogP contribution in [0.2, 0.25) is 0 Å². The molecule has 0 atom stereocenters. The number of rotatable bonds is 18. The summed E-state index contributed by atoms with van der Waals surface area (Å²) in [5.74, 6) is -1.44. The van der Waals surface area contributed by atoms with Crippen molar-refractivity contribution in [2.24, 2.45) is 11.5 Å². The summed E-state index contributed by atoms with van der Waals surface area (Å²) in [7, 11) is 3.03. The maximum absolute atomic E-state index is 13.7. The number of anilines is 3. The van der Waals surface area contributed by atoms with Gasteiger partial charge in [-0.3, -0.25) is 39.2 Å². The van der Waals surface area contributed by atoms with Crippen molar-refractivity contribution in [1.82, 2.24) is 38.7 Å². The Balaban J connectivity index is 1.42. The zero-order chi connectivity index (χ0) is 42.5. The van der Waals surface area contributed by atoms with Crippen LogP contribution in [-0.2, 0) is 30.9 Å². The van der Waals surface area contributed by atoms with E-state index in [9.17, 15) is 19.2 Å². The Morgan fingerprint density at radius 2 is 1.31 bits per heavy atom. The lowest BCUT2D eigenvalue weighted by molar-refractivity contribution is 0.0991. The van der Waals surface area contributed by atoms with Gasteiger partial charge in [0.15, 0.2) is 0 Å². The molecule has 20 nitrogen and oxygen atoms in total. The minimum Gasteiger partial charge on any atom is -0.494 e. The first-order valence-electron chi connectivity index (χ1n) is 18.8. The number of fused-ring (bicyclic) bond motifs is 2. The van der Waals surface area contributed by atoms with Gasteiger partial charge in [-0.1, -0.05) is 12.2 Å². The third-order valence-electron chi connectivity index (χ3n) is 9.47. The van der Waals surface area contributed by atoms with Gasteiger partial charge in [-0.15, -0.1) is 0 Å². The van der Waals surface area contributed by atoms with E-state index in [1.54, 1.807) is 46.9 Å². The Kier molecular flexibility index (Phi) is 12.3. The number of imidazole rings is 2. The third-order valence-corrected chi connectivity index (χ3v) is 9.47. The fourth-order valence-corrected chi connectivity index (χ4v) is 6.66. The standard InChI is InChI=1S/C39H47N13O7/c1-7-51-27(16-21(3)47-51)36(55)45-38-44-26-18-24(35(42)54)20-29(59-15-11-14-57-5)32(26)50(38)13-10-9-12-49-31-25(17-23(34(41)53)19-28(31)58-6)43-39(49)46-37(56)33-30(40)22(4)48-52(33)8-2/h9-10,16-20H,7-8,11-15,40H2,1-6H3,(H2,41,53)(H2,42,54)(H,43,46,56)(H,44,45,55)/b10-9+. The van der Waals surface area contributed by atoms with Gasteiger partial charge in [-0.2, -0.15) is 10.2 Å². The average molecular weight is 810 g/mol. The number of nitrogens with two attached hydrogens (primary N) is 3. The molecule has 0 radical (unpaired) electrons. The predicted molar refractivity (Wildman–Crippen MR) is 220 cm³/mol. The number of methoxy groups -OCH3 is 2. The van der Waals surface area contributed by atoms with Crippen molar-refractivity contribution >= 4 is 63.3 Å². The molecule has 4 aromatic heterocycles. The largest absolute Gasteiger partial charge is 0.494 e. The molecule has 0 fully saturated rings. The first kappa shape index (κ1) is 41.4. The molecule has 0 saturated heterocycles. The van der Waals surface area contributed by atoms with Gasteiger partial charge in [0.2, 0.25) is 23.7 Å². The second kappa shape index (κ2) is 17.5. The zero-order valence-electron chi connectivity index (χ0n) is 33.7. The molecule has 6 rings (SSSR count). The van der Waals surface area contributed by atoms with Crippen LogP contribution in [-0.4, -0.2) is 89.7 Å². The molecule has 0 unspecified atom stereocenters. The Morgan fingerprint density at radius 3 is 1.85 bits per heavy atom. The summed E-state index contributed by atoms with van der Waals surface area (Å²) in [5, 5.41) is 14.5. The van der Waals surface area contributed by atoms with E-state index in [1.807, 2.05) is 26.0 Å². The lowest BCUT2D eigenvalue weighted by Crippen LogP contribution is -2.21. The SMILES string of the molecule is CCn1nc(C)cc1C(=O)Nc1nc2cc(C(N)=O)cc(OCCCOC)c2n1C/C=C/Cn1c(NC(=O)c2c(N)c(C)nn2CC)nc2cc(C(N)=O)cc(OC)c21. The molecule has 0 aliphatic heterocycles. The van der Waals surface area contributed by atoms with Crippen molar-refractivity contribution in [2.75, 3.05) is 43.8 Å². The van der Waals surface area contributed by atoms with E-state index < -0.39 is 23.6 Å². The summed E-state index contributed by atoms with van der Waals surface area (Å²) in [4.78, 5) is 61.4. The lowest BCUT2D eigenvalue weighted by Gasteiger charge is -2.13. The molecule has 4 amide bonds. The summed E-state index contributed by atoms with van der Waals surface area (Å²) in [6, 6.07) is 7.77. The maximum Gasteiger partial charge on any atom is 0.278 e. The number of benzene rings is 2. The summed E-state index contributed by atoms with van der Waals surface area (Å²) in [6.45, 7) is 9.07. The number of nitrogens with zero attached hydrogens (tertiary/aromatic N) is 8. The molecule has 0 aliphatic carbocycles. The molecular formula is C39H47N13O7. The average Bonchev–Trinajstić information content (AvgIpc) is 3.95. The maximum atomic E-state index is 13.7. The number of carbonyl (C=O) groups excluding carboxylic acids is 4. The highest BCUT2D eigenvalue weighted by Gasteiger charge is 2.25. The quantitative estimate of drug-likeness (QED) is 0.0618. The monoisotopic (exact) mass is 809 g/mol. The Labute approximate surface area is 338 Å². The van der Waals surface area contributed by atoms with Crippen LogP contribution in [0, 0.1) is 13.8 Å². The van der Waals surface area contributed by atoms with Gasteiger partial charge >= 0.3 is 0 Å². The van der Waals surface area contributed by atoms with Crippen LogP contribution in [0.3, 0.4) is 0 Å². The number of primary amides is 2. The number of nitrogens with one attached hydrogen (secondary N) is 2. The van der Waals surface area contributed by atoms with Crippen molar-refractivity contribution in [3.05, 3.63) is 76.4 Å². The number of allylic oxidation sites excluding steroid dienone is 2. The molecule has 6 aromatic rings. The number of aromatic nitrogens is 8. The second-order valence-electron chi connectivity index (χ2n) is 13.4. The molecule has 310 valence electrons. The van der Waals surface area contributed by atoms with Gasteiger partial charge < -0.3 is 40.5 Å². The first-order valence-corrected chi connectivity index (χ1v) is 18.8. The van der Waals surface area contributed by atoms with Gasteiger partial charge in [0.1, 0.15) is 33.9 Å². The number of ether oxygens (including phenoxy) is 3. The molecule has 0 spiro atoms. The van der Waals surface area contributed by atoms with E-state index in [4.69, 9.17) is 36.4 Å². The molecule has 8 N–H and O–H groups in total. The van der Waals surface area contributed by atoms with Crippen LogP contribution in [0.25, 0.3) is 22.1 Å². The van der Waals surface area contributed by atoms with Gasteiger partial charge in [0.25, 0.3) is 11.8 Å². The fourth-order valence-electron chi connectivity index (χ4n) is 6.66. The molecule has 59 heavy (non-hydrogen) atoms. The van der Waals surface area contributed by atoms with E-state index >= 15 is 0 Å². The number of amides is 4. The number of hydrogen-bond donors (Lipinski definition) is 5. The van der Waals surface area contributed by atoms with Crippen molar-refractivity contribution in [2.45, 2.75) is 60.3 Å². The van der Waals surface area contributed by atoms with Crippen LogP contribution in [0.4, 0.5) is 17.6 Å². The molecular weight excluding hydrogens is 763 g/mol. The highest BCUT2D eigenvalue weighted by atomic mass is 16.5. The summed E-state index contributed by atoms with van der Waals surface area (Å²) in [5.41, 5.74) is 21.5. The van der Waals surface area contributed by atoms with Crippen LogP contribution in [0.5, 0.6) is 11.5 Å². The Morgan fingerprint density at radius 1 is 0.746 bits per heavy atom. The minimum atomic E-state index is -0.685. The summed E-state index contributed by atoms with van der Waals surface area (Å²) in [6.07, 6.45) is 4.20. The second-order valence-corrected chi connectivity index (χ2v) is 13.4. The van der Waals surface area contributed by atoms with Crippen molar-refractivity contribution in [3.8, 4) is 11.5 Å². The fraction of sp³-hybridized carbons (Fsp3) is 0.333. The van der Waals surface area contributed by atoms with Crippen molar-refractivity contribution in [3.63, 3.8) is 0 Å². The number of carbonyl (C=O) groups is 4. The normalized spacial score (nSPS) is 11.5. The predicted octanol–water partition coefficient (Wildman–Crippen LogP) is 3.40. The van der Waals surface area contributed by atoms with E-state index in [2.05, 4.69) is 25.8 Å². The smallest absolute Gasteiger partial charge is 0.278 e. The van der Waals surface area contributed by atoms with E-state index in [1.165, 1.54) is 30.0 Å². The van der Waals surface area contributed by atoms with E-state index in [-0.39, 0.29) is 54.1 Å². The summed E-state index contributed by atoms with van der Waals surface area (Å²) >= 11 is 0. The van der Waals surface area contributed by atoms with Gasteiger partial charge in [0, 0.05) is 57.4 Å². The lowest BCUT2D eigenvalue weighted by atomic mass is 10.1. The molecule has 2 aromatic carbocycles. The molecule has 0 bridgehead atoms. The summed E-state index contributed by atoms with van der Waals surface area (Å²) < 4.78 is 23.6. The number of nitrogen functional groups attached to an aromatic ring is 1.